The monoisotopic (exact) mass is 591 g/mol. The van der Waals surface area contributed by atoms with E-state index in [-0.39, 0.29) is 22.8 Å². The molecule has 3 aromatic carbocycles. The molecule has 2 aliphatic rings. The van der Waals surface area contributed by atoms with Crippen molar-refractivity contribution < 1.29 is 22.7 Å². The molecule has 0 aliphatic carbocycles. The van der Waals surface area contributed by atoms with Crippen LogP contribution in [0.25, 0.3) is 0 Å². The zero-order valence-corrected chi connectivity index (χ0v) is 25.7. The van der Waals surface area contributed by atoms with Gasteiger partial charge in [0.05, 0.1) is 24.2 Å². The van der Waals surface area contributed by atoms with Gasteiger partial charge in [0, 0.05) is 13.1 Å². The molecule has 0 spiro atoms. The highest BCUT2D eigenvalue weighted by Crippen LogP contribution is 2.40. The van der Waals surface area contributed by atoms with E-state index < -0.39 is 16.1 Å². The highest BCUT2D eigenvalue weighted by Gasteiger charge is 2.38. The van der Waals surface area contributed by atoms with Crippen molar-refractivity contribution in [3.8, 4) is 11.5 Å². The molecule has 2 aliphatic heterocycles. The van der Waals surface area contributed by atoms with Gasteiger partial charge in [0.15, 0.2) is 6.10 Å². The van der Waals surface area contributed by atoms with Gasteiger partial charge in [-0.2, -0.15) is 0 Å². The van der Waals surface area contributed by atoms with Gasteiger partial charge in [-0.3, -0.25) is 14.0 Å². The number of amides is 1. The van der Waals surface area contributed by atoms with Gasteiger partial charge < -0.3 is 14.8 Å². The number of hydrogen-bond donors (Lipinski definition) is 1. The first-order valence-corrected chi connectivity index (χ1v) is 16.0. The fraction of sp³-hybridized carbons (Fsp3) is 0.424. The lowest BCUT2D eigenvalue weighted by Crippen LogP contribution is -2.50. The molecule has 2 heterocycles. The van der Waals surface area contributed by atoms with Crippen molar-refractivity contribution in [2.75, 3.05) is 31.0 Å². The Balaban J connectivity index is 1.36. The summed E-state index contributed by atoms with van der Waals surface area (Å²) in [7, 11) is -2.47. The molecule has 224 valence electrons. The maximum Gasteiger partial charge on any atom is 0.264 e. The van der Waals surface area contributed by atoms with E-state index in [4.69, 9.17) is 9.47 Å². The SMILES string of the molecule is COc1ccc(S(=O)(=O)N2C[C@@H](C(=O)NCc3cccc(CN4CCCCC4)c3)Oc3ccc(C(C)(C)C)cc32)cc1. The second-order valence-corrected chi connectivity index (χ2v) is 14.0. The first-order valence-electron chi connectivity index (χ1n) is 14.6. The Bertz CT molecular complexity index is 1510. The van der Waals surface area contributed by atoms with Crippen LogP contribution in [-0.2, 0) is 33.3 Å². The first-order chi connectivity index (χ1) is 20.0. The van der Waals surface area contributed by atoms with Crippen molar-refractivity contribution in [3.63, 3.8) is 0 Å². The molecule has 5 rings (SSSR count). The number of carbonyl (C=O) groups is 1. The number of fused-ring (bicyclic) bond motifs is 1. The van der Waals surface area contributed by atoms with Gasteiger partial charge >= 0.3 is 0 Å². The molecule has 8 nitrogen and oxygen atoms in total. The van der Waals surface area contributed by atoms with Crippen molar-refractivity contribution in [1.82, 2.24) is 10.2 Å². The number of anilines is 1. The molecule has 0 aromatic heterocycles. The van der Waals surface area contributed by atoms with Gasteiger partial charge in [-0.25, -0.2) is 8.42 Å². The zero-order valence-electron chi connectivity index (χ0n) is 24.9. The number of sulfonamides is 1. The minimum absolute atomic E-state index is 0.113. The van der Waals surface area contributed by atoms with Crippen LogP contribution in [0.15, 0.2) is 71.6 Å². The lowest BCUT2D eigenvalue weighted by molar-refractivity contribution is -0.127. The molecule has 0 radical (unpaired) electrons. The summed E-state index contributed by atoms with van der Waals surface area (Å²) >= 11 is 0. The van der Waals surface area contributed by atoms with Gasteiger partial charge in [0.1, 0.15) is 11.5 Å². The van der Waals surface area contributed by atoms with Crippen LogP contribution in [0.3, 0.4) is 0 Å². The number of ether oxygens (including phenoxy) is 2. The Morgan fingerprint density at radius 1 is 0.976 bits per heavy atom. The van der Waals surface area contributed by atoms with E-state index in [2.05, 4.69) is 43.1 Å². The van der Waals surface area contributed by atoms with Gasteiger partial charge in [-0.05, 0) is 84.4 Å². The molecule has 1 saturated heterocycles. The van der Waals surface area contributed by atoms with Crippen molar-refractivity contribution in [3.05, 3.63) is 83.4 Å². The average molecular weight is 592 g/mol. The second kappa shape index (κ2) is 12.4. The molecule has 9 heteroatoms. The fourth-order valence-electron chi connectivity index (χ4n) is 5.47. The number of likely N-dealkylation sites (tertiary alicyclic amines) is 1. The Morgan fingerprint density at radius 3 is 2.38 bits per heavy atom. The van der Waals surface area contributed by atoms with E-state index in [9.17, 15) is 13.2 Å². The first kappa shape index (κ1) is 29.9. The summed E-state index contributed by atoms with van der Waals surface area (Å²) in [4.78, 5) is 16.0. The lowest BCUT2D eigenvalue weighted by atomic mass is 9.86. The number of methoxy groups -OCH3 is 1. The van der Waals surface area contributed by atoms with Crippen LogP contribution in [0.4, 0.5) is 5.69 Å². The molecule has 1 N–H and O–H groups in total. The third kappa shape index (κ3) is 6.73. The molecule has 1 fully saturated rings. The van der Waals surface area contributed by atoms with Crippen LogP contribution < -0.4 is 19.1 Å². The third-order valence-corrected chi connectivity index (χ3v) is 9.74. The second-order valence-electron chi connectivity index (χ2n) is 12.1. The smallest absolute Gasteiger partial charge is 0.264 e. The van der Waals surface area contributed by atoms with E-state index in [0.717, 1.165) is 30.8 Å². The van der Waals surface area contributed by atoms with Crippen LogP contribution in [-0.4, -0.2) is 52.1 Å². The number of carbonyl (C=O) groups excluding carboxylic acids is 1. The standard InChI is InChI=1S/C33H41N3O5S/c1-33(2,3)26-11-16-30-29(20-26)36(42(38,39)28-14-12-27(40-4)13-15-28)23-31(41-30)32(37)34-21-24-9-8-10-25(19-24)22-35-17-6-5-7-18-35/h8-16,19-20,31H,5-7,17-18,21-23H2,1-4H3,(H,34,37)/t31-/m0/s1. The van der Waals surface area contributed by atoms with E-state index >= 15 is 0 Å². The van der Waals surface area contributed by atoms with Crippen molar-refractivity contribution in [2.24, 2.45) is 0 Å². The van der Waals surface area contributed by atoms with E-state index in [1.807, 2.05) is 24.3 Å². The molecule has 0 saturated carbocycles. The molecule has 0 bridgehead atoms. The van der Waals surface area contributed by atoms with Crippen molar-refractivity contribution in [2.45, 2.75) is 69.5 Å². The Morgan fingerprint density at radius 2 is 1.69 bits per heavy atom. The minimum atomic E-state index is -4.00. The minimum Gasteiger partial charge on any atom is -0.497 e. The molecule has 1 amide bonds. The van der Waals surface area contributed by atoms with Gasteiger partial charge in [-0.15, -0.1) is 0 Å². The van der Waals surface area contributed by atoms with Crippen molar-refractivity contribution in [1.29, 1.82) is 0 Å². The summed E-state index contributed by atoms with van der Waals surface area (Å²) < 4.78 is 40.5. The molecule has 3 aromatic rings. The number of nitrogens with zero attached hydrogens (tertiary/aromatic N) is 2. The predicted molar refractivity (Wildman–Crippen MR) is 165 cm³/mol. The summed E-state index contributed by atoms with van der Waals surface area (Å²) in [6.45, 7) is 9.53. The number of hydrogen-bond acceptors (Lipinski definition) is 6. The van der Waals surface area contributed by atoms with Crippen LogP contribution >= 0.6 is 0 Å². The summed E-state index contributed by atoms with van der Waals surface area (Å²) in [6, 6.07) is 20.0. The number of benzene rings is 3. The maximum atomic E-state index is 14.0. The molecule has 42 heavy (non-hydrogen) atoms. The van der Waals surface area contributed by atoms with Crippen LogP contribution in [0.1, 0.15) is 56.7 Å². The van der Waals surface area contributed by atoms with Gasteiger partial charge in [-0.1, -0.05) is 57.5 Å². The predicted octanol–water partition coefficient (Wildman–Crippen LogP) is 5.25. The summed E-state index contributed by atoms with van der Waals surface area (Å²) in [5, 5.41) is 2.98. The molecular formula is C33H41N3O5S. The highest BCUT2D eigenvalue weighted by atomic mass is 32.2. The quantitative estimate of drug-likeness (QED) is 0.385. The number of rotatable bonds is 8. The van der Waals surface area contributed by atoms with Gasteiger partial charge in [0.25, 0.3) is 15.9 Å². The van der Waals surface area contributed by atoms with Gasteiger partial charge in [0.2, 0.25) is 0 Å². The Kier molecular flexibility index (Phi) is 8.80. The maximum absolute atomic E-state index is 14.0. The van der Waals surface area contributed by atoms with Crippen LogP contribution in [0.5, 0.6) is 11.5 Å². The summed E-state index contributed by atoms with van der Waals surface area (Å²) in [5.74, 6) is 0.551. The topological polar surface area (TPSA) is 88.2 Å². The molecule has 0 unspecified atom stereocenters. The van der Waals surface area contributed by atoms with E-state index in [0.29, 0.717) is 23.7 Å². The zero-order chi connectivity index (χ0) is 29.9. The summed E-state index contributed by atoms with van der Waals surface area (Å²) in [5.41, 5.74) is 3.39. The number of nitrogens with one attached hydrogen (secondary N) is 1. The Hall–Kier alpha value is -3.56. The molecular weight excluding hydrogens is 550 g/mol. The Labute approximate surface area is 249 Å². The highest BCUT2D eigenvalue weighted by molar-refractivity contribution is 7.92. The average Bonchev–Trinajstić information content (AvgIpc) is 2.99. The van der Waals surface area contributed by atoms with Crippen molar-refractivity contribution >= 4 is 21.6 Å². The van der Waals surface area contributed by atoms with Crippen LogP contribution in [0.2, 0.25) is 0 Å². The normalized spacial score (nSPS) is 17.7. The lowest BCUT2D eigenvalue weighted by Gasteiger charge is -2.36. The summed E-state index contributed by atoms with van der Waals surface area (Å²) in [6.07, 6.45) is 2.77. The largest absolute Gasteiger partial charge is 0.497 e. The van der Waals surface area contributed by atoms with E-state index in [1.165, 1.54) is 48.4 Å². The fourth-order valence-corrected chi connectivity index (χ4v) is 6.94. The van der Waals surface area contributed by atoms with Crippen LogP contribution in [0, 0.1) is 0 Å². The van der Waals surface area contributed by atoms with E-state index in [1.54, 1.807) is 18.2 Å². The number of piperidine rings is 1. The third-order valence-electron chi connectivity index (χ3n) is 7.95. The molecule has 1 atom stereocenters.